The zero-order valence-corrected chi connectivity index (χ0v) is 8.57. The Hall–Kier alpha value is -1.51. The quantitative estimate of drug-likeness (QED) is 0.501. The van der Waals surface area contributed by atoms with Gasteiger partial charge < -0.3 is 9.94 Å². The minimum Gasteiger partial charge on any atom is -0.623 e. The minimum atomic E-state index is -0.482. The number of fused-ring (bicyclic) bond motifs is 1. The molecule has 0 spiro atoms. The number of methoxy groups -OCH3 is 1. The van der Waals surface area contributed by atoms with E-state index in [2.05, 4.69) is 0 Å². The maximum Gasteiger partial charge on any atom is 0.193 e. The molecule has 1 aromatic rings. The number of hydrogen-bond donors (Lipinski definition) is 0. The highest BCUT2D eigenvalue weighted by molar-refractivity contribution is 5.81. The Morgan fingerprint density at radius 3 is 2.71 bits per heavy atom. The van der Waals surface area contributed by atoms with Crippen LogP contribution in [0.15, 0.2) is 18.2 Å². The highest BCUT2D eigenvalue weighted by Crippen LogP contribution is 2.33. The molecule has 1 aromatic carbocycles. The predicted octanol–water partition coefficient (Wildman–Crippen LogP) is 1.87. The summed E-state index contributed by atoms with van der Waals surface area (Å²) in [6, 6.07) is 5.70. The van der Waals surface area contributed by atoms with E-state index in [-0.39, 0.29) is 0 Å². The van der Waals surface area contributed by atoms with Crippen molar-refractivity contribution in [3.05, 3.63) is 34.5 Å². The summed E-state index contributed by atoms with van der Waals surface area (Å²) < 4.78 is 6.12. The summed E-state index contributed by atoms with van der Waals surface area (Å²) in [6.45, 7) is 3.81. The van der Waals surface area contributed by atoms with E-state index in [4.69, 9.17) is 4.74 Å². The molecule has 0 bridgehead atoms. The van der Waals surface area contributed by atoms with Crippen LogP contribution in [0.2, 0.25) is 0 Å². The van der Waals surface area contributed by atoms with E-state index in [0.717, 1.165) is 21.6 Å². The van der Waals surface area contributed by atoms with Crippen LogP contribution in [0, 0.1) is 5.21 Å². The van der Waals surface area contributed by atoms with Gasteiger partial charge in [0.05, 0.1) is 7.11 Å². The van der Waals surface area contributed by atoms with Crippen molar-refractivity contribution < 1.29 is 9.48 Å². The van der Waals surface area contributed by atoms with Gasteiger partial charge >= 0.3 is 0 Å². The molecular weight excluding hydrogens is 178 g/mol. The summed E-state index contributed by atoms with van der Waals surface area (Å²) in [5, 5.41) is 11.6. The number of hydroxylamine groups is 1. The first kappa shape index (κ1) is 9.06. The van der Waals surface area contributed by atoms with Gasteiger partial charge in [0.1, 0.15) is 5.75 Å². The van der Waals surface area contributed by atoms with Crippen molar-refractivity contribution in [3.8, 4) is 5.75 Å². The van der Waals surface area contributed by atoms with Crippen molar-refractivity contribution in [2.75, 3.05) is 7.11 Å². The first-order valence-corrected chi connectivity index (χ1v) is 4.55. The summed E-state index contributed by atoms with van der Waals surface area (Å²) in [6.07, 6.45) is 1.62. The molecule has 3 heteroatoms. The molecule has 14 heavy (non-hydrogen) atoms. The molecule has 0 radical (unpaired) electrons. The molecule has 0 aromatic heterocycles. The van der Waals surface area contributed by atoms with Gasteiger partial charge in [-0.25, -0.2) is 4.74 Å². The maximum absolute atomic E-state index is 11.6. The molecule has 0 saturated heterocycles. The average Bonchev–Trinajstić information content (AvgIpc) is 2.38. The van der Waals surface area contributed by atoms with Crippen LogP contribution in [0.1, 0.15) is 25.0 Å². The molecule has 0 atom stereocenters. The zero-order valence-electron chi connectivity index (χ0n) is 8.57. The van der Waals surface area contributed by atoms with Gasteiger partial charge in [-0.1, -0.05) is 0 Å². The standard InChI is InChI=1S/C11H13NO2/c1-11(2)10-6-9(14-3)5-4-8(10)7-12(11)13/h4-7H,1-3H3. The van der Waals surface area contributed by atoms with Crippen molar-refractivity contribution in [1.82, 2.24) is 0 Å². The molecule has 0 unspecified atom stereocenters. The van der Waals surface area contributed by atoms with E-state index < -0.39 is 5.54 Å². The Balaban J connectivity index is 2.57. The average molecular weight is 191 g/mol. The molecule has 0 N–H and O–H groups in total. The Kier molecular flexibility index (Phi) is 1.77. The molecule has 74 valence electrons. The van der Waals surface area contributed by atoms with E-state index in [1.54, 1.807) is 13.3 Å². The summed E-state index contributed by atoms with van der Waals surface area (Å²) in [5.74, 6) is 0.792. The number of ether oxygens (including phenoxy) is 1. The first-order chi connectivity index (χ1) is 6.55. The van der Waals surface area contributed by atoms with E-state index in [0.29, 0.717) is 0 Å². The van der Waals surface area contributed by atoms with Gasteiger partial charge in [0.15, 0.2) is 11.8 Å². The molecule has 1 aliphatic heterocycles. The van der Waals surface area contributed by atoms with Crippen molar-refractivity contribution in [1.29, 1.82) is 0 Å². The van der Waals surface area contributed by atoms with Crippen LogP contribution < -0.4 is 4.74 Å². The molecular formula is C11H13NO2. The van der Waals surface area contributed by atoms with Gasteiger partial charge in [-0.15, -0.1) is 0 Å². The van der Waals surface area contributed by atoms with E-state index >= 15 is 0 Å². The summed E-state index contributed by atoms with van der Waals surface area (Å²) >= 11 is 0. The third-order valence-corrected chi connectivity index (χ3v) is 2.73. The zero-order chi connectivity index (χ0) is 10.3. The molecule has 2 rings (SSSR count). The monoisotopic (exact) mass is 191 g/mol. The first-order valence-electron chi connectivity index (χ1n) is 4.55. The molecule has 3 nitrogen and oxygen atoms in total. The molecule has 0 amide bonds. The number of nitrogens with zero attached hydrogens (tertiary/aromatic N) is 1. The van der Waals surface area contributed by atoms with Gasteiger partial charge in [-0.05, 0) is 18.2 Å². The van der Waals surface area contributed by atoms with Crippen LogP contribution in [-0.4, -0.2) is 18.1 Å². The highest BCUT2D eigenvalue weighted by Gasteiger charge is 2.37. The van der Waals surface area contributed by atoms with E-state index in [1.165, 1.54) is 0 Å². The minimum absolute atomic E-state index is 0.482. The van der Waals surface area contributed by atoms with Gasteiger partial charge in [-0.3, -0.25) is 0 Å². The second-order valence-corrected chi connectivity index (χ2v) is 3.97. The predicted molar refractivity (Wildman–Crippen MR) is 54.8 cm³/mol. The topological polar surface area (TPSA) is 35.3 Å². The SMILES string of the molecule is COc1ccc2c(c1)C(C)(C)[N+]([O-])=C2. The Bertz CT molecular complexity index is 408. The maximum atomic E-state index is 11.6. The lowest BCUT2D eigenvalue weighted by Gasteiger charge is -2.19. The van der Waals surface area contributed by atoms with Crippen LogP contribution >= 0.6 is 0 Å². The molecule has 1 aliphatic rings. The van der Waals surface area contributed by atoms with Gasteiger partial charge in [0, 0.05) is 25.0 Å². The third kappa shape index (κ3) is 1.09. The van der Waals surface area contributed by atoms with Crippen LogP contribution in [0.4, 0.5) is 0 Å². The lowest BCUT2D eigenvalue weighted by Crippen LogP contribution is -2.25. The van der Waals surface area contributed by atoms with Crippen molar-refractivity contribution in [2.24, 2.45) is 0 Å². The summed E-state index contributed by atoms with van der Waals surface area (Å²) in [7, 11) is 1.63. The normalized spacial score (nSPS) is 17.5. The highest BCUT2D eigenvalue weighted by atomic mass is 16.5. The second kappa shape index (κ2) is 2.74. The van der Waals surface area contributed by atoms with Crippen LogP contribution in [0.5, 0.6) is 5.75 Å². The Labute approximate surface area is 83.2 Å². The lowest BCUT2D eigenvalue weighted by molar-refractivity contribution is -0.540. The molecule has 1 heterocycles. The third-order valence-electron chi connectivity index (χ3n) is 2.73. The van der Waals surface area contributed by atoms with Gasteiger partial charge in [0.2, 0.25) is 0 Å². The van der Waals surface area contributed by atoms with Crippen molar-refractivity contribution in [3.63, 3.8) is 0 Å². The van der Waals surface area contributed by atoms with Crippen molar-refractivity contribution >= 4 is 6.21 Å². The fraction of sp³-hybridized carbons (Fsp3) is 0.364. The van der Waals surface area contributed by atoms with Crippen LogP contribution in [-0.2, 0) is 5.54 Å². The van der Waals surface area contributed by atoms with Crippen LogP contribution in [0.3, 0.4) is 0 Å². The van der Waals surface area contributed by atoms with Gasteiger partial charge in [-0.2, -0.15) is 0 Å². The molecule has 0 aliphatic carbocycles. The number of benzene rings is 1. The fourth-order valence-electron chi connectivity index (χ4n) is 1.71. The van der Waals surface area contributed by atoms with Crippen LogP contribution in [0.25, 0.3) is 0 Å². The molecule has 0 fully saturated rings. The fourth-order valence-corrected chi connectivity index (χ4v) is 1.71. The number of rotatable bonds is 1. The molecule has 0 saturated carbocycles. The van der Waals surface area contributed by atoms with Gasteiger partial charge in [0.25, 0.3) is 0 Å². The van der Waals surface area contributed by atoms with Crippen molar-refractivity contribution in [2.45, 2.75) is 19.4 Å². The summed E-state index contributed by atoms with van der Waals surface area (Å²) in [5.41, 5.74) is 1.52. The largest absolute Gasteiger partial charge is 0.623 e. The second-order valence-electron chi connectivity index (χ2n) is 3.97. The summed E-state index contributed by atoms with van der Waals surface area (Å²) in [4.78, 5) is 0. The van der Waals surface area contributed by atoms with E-state index in [1.807, 2.05) is 32.0 Å². The Morgan fingerprint density at radius 1 is 1.36 bits per heavy atom. The Morgan fingerprint density at radius 2 is 2.07 bits per heavy atom. The van der Waals surface area contributed by atoms with E-state index in [9.17, 15) is 5.21 Å². The smallest absolute Gasteiger partial charge is 0.193 e. The number of hydrogen-bond acceptors (Lipinski definition) is 2. The lowest BCUT2D eigenvalue weighted by atomic mass is 9.94.